The molecule has 0 saturated heterocycles. The average molecular weight is 370 g/mol. The Morgan fingerprint density at radius 1 is 1.15 bits per heavy atom. The lowest BCUT2D eigenvalue weighted by Crippen LogP contribution is -2.29. The molecule has 5 heteroatoms. The third-order valence-corrected chi connectivity index (χ3v) is 5.80. The minimum absolute atomic E-state index is 0.469. The number of benzene rings is 1. The van der Waals surface area contributed by atoms with Crippen LogP contribution in [0.5, 0.6) is 0 Å². The summed E-state index contributed by atoms with van der Waals surface area (Å²) in [6.45, 7) is 4.38. The normalized spacial score (nSPS) is 17.7. The summed E-state index contributed by atoms with van der Waals surface area (Å²) in [5.41, 5.74) is 3.57. The lowest BCUT2D eigenvalue weighted by molar-refractivity contribution is 0.0387. The number of fused-ring (bicyclic) bond motifs is 3. The van der Waals surface area contributed by atoms with E-state index in [1.54, 1.807) is 12.4 Å². The lowest BCUT2D eigenvalue weighted by Gasteiger charge is -2.26. The van der Waals surface area contributed by atoms with Crippen molar-refractivity contribution in [2.45, 2.75) is 31.9 Å². The minimum Gasteiger partial charge on any atom is -0.384 e. The molecule has 2 aromatic heterocycles. The number of aliphatic hydroxyl groups is 1. The van der Waals surface area contributed by atoms with Crippen molar-refractivity contribution in [1.82, 2.24) is 14.5 Å². The predicted octanol–water partition coefficient (Wildman–Crippen LogP) is 3.63. The summed E-state index contributed by atoms with van der Waals surface area (Å²) in [5, 5.41) is 13.2. The number of para-hydroxylation sites is 1. The molecule has 0 saturated carbocycles. The Morgan fingerprint density at radius 2 is 1.88 bits per heavy atom. The van der Waals surface area contributed by atoms with Crippen LogP contribution in [0.15, 0.2) is 42.7 Å². The standard InChI is InChI=1S/C21H24ClN3O/c1-21(26,15-6-10-23-11-7-15)14-25-19-9-13-24(2)12-8-16(19)17-4-3-5-18(22)20(17)25/h3-7,10-11,26H,8-9,12-14H2,1-2H3. The van der Waals surface area contributed by atoms with Gasteiger partial charge in [-0.3, -0.25) is 4.98 Å². The number of rotatable bonds is 3. The lowest BCUT2D eigenvalue weighted by atomic mass is 9.97. The molecule has 1 aliphatic rings. The summed E-state index contributed by atoms with van der Waals surface area (Å²) < 4.78 is 2.24. The van der Waals surface area contributed by atoms with Gasteiger partial charge in [0.1, 0.15) is 5.60 Å². The summed E-state index contributed by atoms with van der Waals surface area (Å²) in [4.78, 5) is 6.43. The van der Waals surface area contributed by atoms with E-state index in [1.807, 2.05) is 31.2 Å². The molecule has 0 bridgehead atoms. The summed E-state index contributed by atoms with van der Waals surface area (Å²) in [5.74, 6) is 0. The molecular formula is C21H24ClN3O. The van der Waals surface area contributed by atoms with Crippen molar-refractivity contribution in [3.8, 4) is 0 Å². The molecule has 1 N–H and O–H groups in total. The molecule has 0 fully saturated rings. The second-order valence-electron chi connectivity index (χ2n) is 7.46. The van der Waals surface area contributed by atoms with E-state index in [0.29, 0.717) is 6.54 Å². The molecule has 136 valence electrons. The van der Waals surface area contributed by atoms with Crippen LogP contribution in [0.3, 0.4) is 0 Å². The van der Waals surface area contributed by atoms with Crippen molar-refractivity contribution < 1.29 is 5.11 Å². The molecule has 1 aromatic carbocycles. The number of likely N-dealkylation sites (N-methyl/N-ethyl adjacent to an activating group) is 1. The van der Waals surface area contributed by atoms with Crippen molar-refractivity contribution in [1.29, 1.82) is 0 Å². The summed E-state index contributed by atoms with van der Waals surface area (Å²) in [7, 11) is 2.17. The maximum absolute atomic E-state index is 11.2. The molecular weight excluding hydrogens is 346 g/mol. The topological polar surface area (TPSA) is 41.3 Å². The SMILES string of the molecule is CN1CCc2c(n(CC(C)(O)c3ccncc3)c3c(Cl)cccc23)CC1. The second kappa shape index (κ2) is 6.69. The molecule has 1 aliphatic heterocycles. The Kier molecular flexibility index (Phi) is 4.51. The largest absolute Gasteiger partial charge is 0.384 e. The Balaban J connectivity index is 1.87. The zero-order valence-corrected chi connectivity index (χ0v) is 16.0. The first-order valence-electron chi connectivity index (χ1n) is 9.07. The number of hydrogen-bond donors (Lipinski definition) is 1. The highest BCUT2D eigenvalue weighted by atomic mass is 35.5. The van der Waals surface area contributed by atoms with Gasteiger partial charge in [-0.25, -0.2) is 0 Å². The van der Waals surface area contributed by atoms with Crippen LogP contribution in [0.4, 0.5) is 0 Å². The number of aromatic nitrogens is 2. The quantitative estimate of drug-likeness (QED) is 0.766. The number of nitrogens with zero attached hydrogens (tertiary/aromatic N) is 3. The summed E-state index contributed by atoms with van der Waals surface area (Å²) in [6.07, 6.45) is 5.41. The first-order chi connectivity index (χ1) is 12.5. The molecule has 0 aliphatic carbocycles. The molecule has 1 atom stereocenters. The number of pyridine rings is 1. The van der Waals surface area contributed by atoms with Gasteiger partial charge < -0.3 is 14.6 Å². The third kappa shape index (κ3) is 3.02. The van der Waals surface area contributed by atoms with Crippen LogP contribution in [0.25, 0.3) is 10.9 Å². The maximum atomic E-state index is 11.2. The Morgan fingerprint density at radius 3 is 2.65 bits per heavy atom. The van der Waals surface area contributed by atoms with Crippen LogP contribution in [-0.2, 0) is 25.0 Å². The van der Waals surface area contributed by atoms with Crippen LogP contribution in [-0.4, -0.2) is 39.7 Å². The van der Waals surface area contributed by atoms with E-state index in [0.717, 1.165) is 42.0 Å². The van der Waals surface area contributed by atoms with Crippen molar-refractivity contribution >= 4 is 22.5 Å². The highest BCUT2D eigenvalue weighted by molar-refractivity contribution is 6.35. The van der Waals surface area contributed by atoms with Crippen LogP contribution >= 0.6 is 11.6 Å². The van der Waals surface area contributed by atoms with E-state index in [4.69, 9.17) is 11.6 Å². The highest BCUT2D eigenvalue weighted by Gasteiger charge is 2.29. The van der Waals surface area contributed by atoms with Crippen molar-refractivity contribution in [2.24, 2.45) is 0 Å². The zero-order valence-electron chi connectivity index (χ0n) is 15.2. The molecule has 3 heterocycles. The number of halogens is 1. The fourth-order valence-corrected chi connectivity index (χ4v) is 4.32. The molecule has 4 rings (SSSR count). The van der Waals surface area contributed by atoms with E-state index >= 15 is 0 Å². The molecule has 26 heavy (non-hydrogen) atoms. The Hall–Kier alpha value is -1.88. The molecule has 0 spiro atoms. The van der Waals surface area contributed by atoms with Crippen molar-refractivity contribution in [3.05, 3.63) is 64.6 Å². The summed E-state index contributed by atoms with van der Waals surface area (Å²) >= 11 is 6.60. The Bertz CT molecular complexity index is 933. The average Bonchev–Trinajstić information content (AvgIpc) is 2.78. The monoisotopic (exact) mass is 369 g/mol. The van der Waals surface area contributed by atoms with E-state index < -0.39 is 5.60 Å². The first kappa shape index (κ1) is 17.5. The van der Waals surface area contributed by atoms with E-state index in [-0.39, 0.29) is 0 Å². The highest BCUT2D eigenvalue weighted by Crippen LogP contribution is 2.36. The molecule has 1 unspecified atom stereocenters. The number of hydrogen-bond acceptors (Lipinski definition) is 3. The van der Waals surface area contributed by atoms with Gasteiger partial charge in [-0.15, -0.1) is 0 Å². The molecule has 3 aromatic rings. The van der Waals surface area contributed by atoms with Gasteiger partial charge in [0.15, 0.2) is 0 Å². The third-order valence-electron chi connectivity index (χ3n) is 5.50. The van der Waals surface area contributed by atoms with Crippen molar-refractivity contribution in [2.75, 3.05) is 20.1 Å². The van der Waals surface area contributed by atoms with Gasteiger partial charge in [0.2, 0.25) is 0 Å². The fraction of sp³-hybridized carbons (Fsp3) is 0.381. The van der Waals surface area contributed by atoms with Gasteiger partial charge in [-0.05, 0) is 49.7 Å². The van der Waals surface area contributed by atoms with E-state index in [9.17, 15) is 5.11 Å². The molecule has 0 radical (unpaired) electrons. The zero-order chi connectivity index (χ0) is 18.3. The van der Waals surface area contributed by atoms with Crippen LogP contribution in [0.1, 0.15) is 23.7 Å². The van der Waals surface area contributed by atoms with Gasteiger partial charge in [-0.1, -0.05) is 23.7 Å². The molecule has 0 amide bonds. The minimum atomic E-state index is -1.000. The van der Waals surface area contributed by atoms with Gasteiger partial charge in [0.05, 0.1) is 17.1 Å². The fourth-order valence-electron chi connectivity index (χ4n) is 4.05. The Labute approximate surface area is 159 Å². The predicted molar refractivity (Wildman–Crippen MR) is 106 cm³/mol. The second-order valence-corrected chi connectivity index (χ2v) is 7.87. The van der Waals surface area contributed by atoms with Gasteiger partial charge >= 0.3 is 0 Å². The smallest absolute Gasteiger partial charge is 0.105 e. The van der Waals surface area contributed by atoms with Gasteiger partial charge in [0, 0.05) is 43.0 Å². The van der Waals surface area contributed by atoms with Gasteiger partial charge in [0.25, 0.3) is 0 Å². The van der Waals surface area contributed by atoms with Crippen LogP contribution in [0.2, 0.25) is 5.02 Å². The molecule has 4 nitrogen and oxygen atoms in total. The van der Waals surface area contributed by atoms with Crippen molar-refractivity contribution in [3.63, 3.8) is 0 Å². The van der Waals surface area contributed by atoms with Gasteiger partial charge in [-0.2, -0.15) is 0 Å². The summed E-state index contributed by atoms with van der Waals surface area (Å²) in [6, 6.07) is 9.86. The van der Waals surface area contributed by atoms with E-state index in [2.05, 4.69) is 27.6 Å². The first-order valence-corrected chi connectivity index (χ1v) is 9.45. The van der Waals surface area contributed by atoms with E-state index in [1.165, 1.54) is 16.6 Å². The van der Waals surface area contributed by atoms with Crippen LogP contribution in [0, 0.1) is 0 Å². The van der Waals surface area contributed by atoms with Crippen LogP contribution < -0.4 is 0 Å². The maximum Gasteiger partial charge on any atom is 0.105 e.